The summed E-state index contributed by atoms with van der Waals surface area (Å²) in [5, 5.41) is 10.4. The van der Waals surface area contributed by atoms with Gasteiger partial charge < -0.3 is 10.0 Å². The highest BCUT2D eigenvalue weighted by atomic mass is 16.3. The normalized spacial score (nSPS) is 19.7. The molecule has 0 radical (unpaired) electrons. The number of hydrogen-bond acceptors (Lipinski definition) is 2. The van der Waals surface area contributed by atoms with Crippen LogP contribution in [0.1, 0.15) is 71.4 Å². The lowest BCUT2D eigenvalue weighted by molar-refractivity contribution is -0.129. The molecule has 148 valence electrons. The Bertz CT molecular complexity index is 894. The van der Waals surface area contributed by atoms with Gasteiger partial charge in [0.1, 0.15) is 5.75 Å². The highest BCUT2D eigenvalue weighted by molar-refractivity contribution is 5.73. The van der Waals surface area contributed by atoms with Crippen molar-refractivity contribution in [2.75, 3.05) is 13.1 Å². The second-order valence-corrected chi connectivity index (χ2v) is 8.63. The Kier molecular flexibility index (Phi) is 5.18. The number of carbonyl (C=O) groups excluding carboxylic acids is 1. The van der Waals surface area contributed by atoms with Gasteiger partial charge in [-0.25, -0.2) is 0 Å². The Labute approximate surface area is 168 Å². The first-order chi connectivity index (χ1) is 13.5. The average Bonchev–Trinajstić information content (AvgIpc) is 3.10. The van der Waals surface area contributed by atoms with Crippen molar-refractivity contribution >= 4 is 5.91 Å². The van der Waals surface area contributed by atoms with Gasteiger partial charge in [-0.2, -0.15) is 0 Å². The molecule has 1 N–H and O–H groups in total. The van der Waals surface area contributed by atoms with Gasteiger partial charge in [-0.3, -0.25) is 4.79 Å². The molecule has 1 fully saturated rings. The van der Waals surface area contributed by atoms with Crippen LogP contribution in [-0.2, 0) is 17.6 Å². The molecule has 1 atom stereocenters. The smallest absolute Gasteiger partial charge is 0.219 e. The van der Waals surface area contributed by atoms with Crippen LogP contribution < -0.4 is 0 Å². The molecule has 2 aromatic rings. The predicted octanol–water partition coefficient (Wildman–Crippen LogP) is 5.01. The molecule has 28 heavy (non-hydrogen) atoms. The summed E-state index contributed by atoms with van der Waals surface area (Å²) in [6.07, 6.45) is 5.31. The van der Waals surface area contributed by atoms with E-state index >= 15 is 0 Å². The average molecular weight is 378 g/mol. The summed E-state index contributed by atoms with van der Waals surface area (Å²) in [7, 11) is 0. The number of aryl methyl sites for hydroxylation is 1. The number of phenols is 1. The first-order valence-electron chi connectivity index (χ1n) is 10.6. The molecule has 0 spiro atoms. The van der Waals surface area contributed by atoms with Gasteiger partial charge in [0.25, 0.3) is 0 Å². The maximum Gasteiger partial charge on any atom is 0.219 e. The van der Waals surface area contributed by atoms with Crippen molar-refractivity contribution in [2.45, 2.75) is 64.7 Å². The first kappa shape index (κ1) is 19.0. The van der Waals surface area contributed by atoms with Crippen molar-refractivity contribution in [1.82, 2.24) is 4.90 Å². The zero-order chi connectivity index (χ0) is 19.8. The molecule has 1 unspecified atom stereocenters. The van der Waals surface area contributed by atoms with E-state index in [1.165, 1.54) is 33.4 Å². The summed E-state index contributed by atoms with van der Waals surface area (Å²) in [6.45, 7) is 7.92. The largest absolute Gasteiger partial charge is 0.508 e. The fourth-order valence-corrected chi connectivity index (χ4v) is 5.30. The standard InChI is InChI=1S/C25H31NO2/c1-16-17(2)23(19-11-13-26(14-12-19)18(3)27)10-9-21(16)15-22-8-7-20-5-4-6-24(28)25(20)22/h4-6,9-10,19,22,28H,7-8,11-15H2,1-3H3. The fraction of sp³-hybridized carbons (Fsp3) is 0.480. The van der Waals surface area contributed by atoms with Crippen LogP contribution in [0, 0.1) is 13.8 Å². The Morgan fingerprint density at radius 3 is 2.54 bits per heavy atom. The van der Waals surface area contributed by atoms with Gasteiger partial charge in [-0.05, 0) is 91.7 Å². The van der Waals surface area contributed by atoms with E-state index in [2.05, 4.69) is 32.0 Å². The van der Waals surface area contributed by atoms with Crippen molar-refractivity contribution in [2.24, 2.45) is 0 Å². The van der Waals surface area contributed by atoms with Gasteiger partial charge in [0.2, 0.25) is 5.91 Å². The molecule has 0 saturated carbocycles. The number of nitrogens with zero attached hydrogens (tertiary/aromatic N) is 1. The molecule has 1 aliphatic heterocycles. The topological polar surface area (TPSA) is 40.5 Å². The third-order valence-corrected chi connectivity index (χ3v) is 7.13. The Hall–Kier alpha value is -2.29. The summed E-state index contributed by atoms with van der Waals surface area (Å²) >= 11 is 0. The van der Waals surface area contributed by atoms with Gasteiger partial charge in [-0.1, -0.05) is 24.3 Å². The number of amides is 1. The fourth-order valence-electron chi connectivity index (χ4n) is 5.30. The summed E-state index contributed by atoms with van der Waals surface area (Å²) in [4.78, 5) is 13.6. The zero-order valence-corrected chi connectivity index (χ0v) is 17.3. The van der Waals surface area contributed by atoms with E-state index in [0.717, 1.165) is 45.2 Å². The monoisotopic (exact) mass is 377 g/mol. The number of carbonyl (C=O) groups is 1. The molecule has 1 aliphatic carbocycles. The van der Waals surface area contributed by atoms with Crippen molar-refractivity contribution < 1.29 is 9.90 Å². The highest BCUT2D eigenvalue weighted by Gasteiger charge is 2.27. The molecule has 1 saturated heterocycles. The Morgan fingerprint density at radius 2 is 1.82 bits per heavy atom. The predicted molar refractivity (Wildman–Crippen MR) is 113 cm³/mol. The molecule has 2 aromatic carbocycles. The maximum atomic E-state index is 11.6. The van der Waals surface area contributed by atoms with E-state index in [4.69, 9.17) is 0 Å². The van der Waals surface area contributed by atoms with Crippen molar-refractivity contribution in [3.8, 4) is 5.75 Å². The molecule has 4 rings (SSSR count). The molecule has 0 bridgehead atoms. The third-order valence-electron chi connectivity index (χ3n) is 7.13. The number of piperidine rings is 1. The van der Waals surface area contributed by atoms with E-state index < -0.39 is 0 Å². The number of fused-ring (bicyclic) bond motifs is 1. The quantitative estimate of drug-likeness (QED) is 0.817. The van der Waals surface area contributed by atoms with Crippen LogP contribution in [0.15, 0.2) is 30.3 Å². The molecule has 2 aliphatic rings. The first-order valence-corrected chi connectivity index (χ1v) is 10.6. The zero-order valence-electron chi connectivity index (χ0n) is 17.3. The molecule has 0 aromatic heterocycles. The molecule has 3 nitrogen and oxygen atoms in total. The molecule has 1 heterocycles. The van der Waals surface area contributed by atoms with Crippen molar-refractivity contribution in [3.63, 3.8) is 0 Å². The highest BCUT2D eigenvalue weighted by Crippen LogP contribution is 2.42. The lowest BCUT2D eigenvalue weighted by Gasteiger charge is -2.32. The number of hydrogen-bond donors (Lipinski definition) is 1. The minimum absolute atomic E-state index is 0.196. The number of phenolic OH excluding ortho intramolecular Hbond substituents is 1. The second-order valence-electron chi connectivity index (χ2n) is 8.63. The van der Waals surface area contributed by atoms with Crippen LogP contribution >= 0.6 is 0 Å². The van der Waals surface area contributed by atoms with Crippen molar-refractivity contribution in [1.29, 1.82) is 0 Å². The third kappa shape index (κ3) is 3.43. The van der Waals surface area contributed by atoms with Crippen LogP contribution in [0.2, 0.25) is 0 Å². The van der Waals surface area contributed by atoms with Gasteiger partial charge in [0, 0.05) is 25.6 Å². The van der Waals surface area contributed by atoms with Crippen molar-refractivity contribution in [3.05, 3.63) is 63.7 Å². The van der Waals surface area contributed by atoms with Crippen LogP contribution in [0.25, 0.3) is 0 Å². The van der Waals surface area contributed by atoms with Crippen LogP contribution in [-0.4, -0.2) is 29.0 Å². The van der Waals surface area contributed by atoms with Gasteiger partial charge >= 0.3 is 0 Å². The maximum absolute atomic E-state index is 11.6. The van der Waals surface area contributed by atoms with Crippen LogP contribution in [0.3, 0.4) is 0 Å². The number of rotatable bonds is 3. The molecule has 3 heteroatoms. The minimum atomic E-state index is 0.196. The summed E-state index contributed by atoms with van der Waals surface area (Å²) in [5.41, 5.74) is 8.15. The van der Waals surface area contributed by atoms with Crippen LogP contribution in [0.5, 0.6) is 5.75 Å². The number of likely N-dealkylation sites (tertiary alicyclic amines) is 1. The molecular formula is C25H31NO2. The minimum Gasteiger partial charge on any atom is -0.508 e. The lowest BCUT2D eigenvalue weighted by atomic mass is 9.82. The van der Waals surface area contributed by atoms with E-state index in [9.17, 15) is 9.90 Å². The van der Waals surface area contributed by atoms with Gasteiger partial charge in [0.15, 0.2) is 0 Å². The lowest BCUT2D eigenvalue weighted by Crippen LogP contribution is -2.36. The number of benzene rings is 2. The summed E-state index contributed by atoms with van der Waals surface area (Å²) in [5.74, 6) is 1.63. The van der Waals surface area contributed by atoms with Gasteiger partial charge in [-0.15, -0.1) is 0 Å². The summed E-state index contributed by atoms with van der Waals surface area (Å²) in [6, 6.07) is 10.6. The van der Waals surface area contributed by atoms with E-state index in [1.54, 1.807) is 6.92 Å². The summed E-state index contributed by atoms with van der Waals surface area (Å²) < 4.78 is 0. The molecule has 1 amide bonds. The Balaban J connectivity index is 1.53. The SMILES string of the molecule is CC(=O)N1CCC(c2ccc(CC3CCc4cccc(O)c43)c(C)c2C)CC1. The van der Waals surface area contributed by atoms with Gasteiger partial charge in [0.05, 0.1) is 0 Å². The Morgan fingerprint density at radius 1 is 1.07 bits per heavy atom. The molecular weight excluding hydrogens is 346 g/mol. The van der Waals surface area contributed by atoms with Crippen LogP contribution in [0.4, 0.5) is 0 Å². The van der Waals surface area contributed by atoms with E-state index in [0.29, 0.717) is 17.6 Å². The van der Waals surface area contributed by atoms with E-state index in [1.807, 2.05) is 17.0 Å². The number of aromatic hydroxyl groups is 1. The second kappa shape index (κ2) is 7.62. The van der Waals surface area contributed by atoms with E-state index in [-0.39, 0.29) is 5.91 Å².